The van der Waals surface area contributed by atoms with E-state index in [1.165, 1.54) is 11.1 Å². The molecule has 0 atom stereocenters. The van der Waals surface area contributed by atoms with Gasteiger partial charge in [-0.2, -0.15) is 5.10 Å². The van der Waals surface area contributed by atoms with Gasteiger partial charge in [-0.15, -0.1) is 0 Å². The van der Waals surface area contributed by atoms with E-state index in [1.54, 1.807) is 10.9 Å². The van der Waals surface area contributed by atoms with Crippen LogP contribution in [-0.4, -0.2) is 19.1 Å². The molecular weight excluding hydrogens is 228 g/mol. The van der Waals surface area contributed by atoms with Crippen LogP contribution < -0.4 is 5.56 Å². The van der Waals surface area contributed by atoms with Crippen molar-refractivity contribution in [1.82, 2.24) is 19.1 Å². The maximum absolute atomic E-state index is 11.8. The van der Waals surface area contributed by atoms with Crippen molar-refractivity contribution in [1.29, 1.82) is 0 Å². The van der Waals surface area contributed by atoms with Gasteiger partial charge in [-0.05, 0) is 37.1 Å². The minimum atomic E-state index is 0.0561. The fourth-order valence-corrected chi connectivity index (χ4v) is 2.60. The highest BCUT2D eigenvalue weighted by molar-refractivity contribution is 5.77. The fraction of sp³-hybridized carbons (Fsp3) is 0.231. The molecule has 5 heteroatoms. The summed E-state index contributed by atoms with van der Waals surface area (Å²) in [4.78, 5) is 11.8. The van der Waals surface area contributed by atoms with Gasteiger partial charge in [-0.1, -0.05) is 6.07 Å². The molecular formula is C13H12N4O. The molecule has 3 heterocycles. The summed E-state index contributed by atoms with van der Waals surface area (Å²) in [6.45, 7) is 4.81. The molecule has 18 heavy (non-hydrogen) atoms. The van der Waals surface area contributed by atoms with Crippen LogP contribution in [0.5, 0.6) is 0 Å². The van der Waals surface area contributed by atoms with E-state index < -0.39 is 0 Å². The molecule has 1 aliphatic rings. The fourth-order valence-electron chi connectivity index (χ4n) is 2.60. The van der Waals surface area contributed by atoms with E-state index in [0.29, 0.717) is 12.1 Å². The third-order valence-corrected chi connectivity index (χ3v) is 3.38. The summed E-state index contributed by atoms with van der Waals surface area (Å²) in [5.41, 5.74) is 4.35. The van der Waals surface area contributed by atoms with Crippen LogP contribution in [0.2, 0.25) is 0 Å². The van der Waals surface area contributed by atoms with E-state index in [9.17, 15) is 4.79 Å². The molecule has 1 aliphatic heterocycles. The number of hydrogen-bond donors (Lipinski definition) is 0. The number of benzene rings is 1. The van der Waals surface area contributed by atoms with E-state index >= 15 is 0 Å². The van der Waals surface area contributed by atoms with Gasteiger partial charge in [0.1, 0.15) is 12.1 Å². The van der Waals surface area contributed by atoms with Gasteiger partial charge in [0.2, 0.25) is 0 Å². The predicted molar refractivity (Wildman–Crippen MR) is 68.2 cm³/mol. The van der Waals surface area contributed by atoms with Gasteiger partial charge in [-0.25, -0.2) is 14.0 Å². The molecule has 4 rings (SSSR count). The van der Waals surface area contributed by atoms with Gasteiger partial charge in [0, 0.05) is 0 Å². The lowest BCUT2D eigenvalue weighted by atomic mass is 10.1. The van der Waals surface area contributed by atoms with Crippen molar-refractivity contribution < 1.29 is 0 Å². The summed E-state index contributed by atoms with van der Waals surface area (Å²) in [5.74, 6) is 0. The molecule has 0 fully saturated rings. The van der Waals surface area contributed by atoms with Gasteiger partial charge in [0.05, 0.1) is 11.9 Å². The smallest absolute Gasteiger partial charge is 0.267 e. The number of nitrogens with zero attached hydrogens (tertiary/aromatic N) is 4. The summed E-state index contributed by atoms with van der Waals surface area (Å²) in [6, 6.07) is 6.29. The minimum Gasteiger partial charge on any atom is -0.267 e. The van der Waals surface area contributed by atoms with Crippen LogP contribution in [0, 0.1) is 13.8 Å². The average Bonchev–Trinajstić information content (AvgIpc) is 2.88. The SMILES string of the molecule is Cc1cc(C)cc(-n2ncc3c(=O)n4n(c32)C4)c1. The molecule has 0 spiro atoms. The Morgan fingerprint density at radius 2 is 1.83 bits per heavy atom. The maximum atomic E-state index is 11.8. The van der Waals surface area contributed by atoms with Crippen LogP contribution in [-0.2, 0) is 6.67 Å². The van der Waals surface area contributed by atoms with Gasteiger partial charge < -0.3 is 0 Å². The molecule has 0 saturated heterocycles. The first kappa shape index (κ1) is 9.70. The Bertz CT molecular complexity index is 830. The lowest BCUT2D eigenvalue weighted by Crippen LogP contribution is -2.02. The topological polar surface area (TPSA) is 44.8 Å². The highest BCUT2D eigenvalue weighted by Gasteiger charge is 2.27. The zero-order chi connectivity index (χ0) is 12.4. The Hall–Kier alpha value is -2.30. The standard InChI is InChI=1S/C13H12N4O/c1-8-3-9(2)5-10(4-8)17-12-11(6-14-17)13(18)16-7-15(12)16/h3-6H,7H2,1-2H3. The number of aryl methyl sites for hydroxylation is 2. The van der Waals surface area contributed by atoms with Crippen molar-refractivity contribution in [2.24, 2.45) is 0 Å². The van der Waals surface area contributed by atoms with Crippen molar-refractivity contribution in [3.63, 3.8) is 0 Å². The number of fused-ring (bicyclic) bond motifs is 3. The monoisotopic (exact) mass is 240 g/mol. The largest absolute Gasteiger partial charge is 0.279 e. The number of hydrogen-bond acceptors (Lipinski definition) is 2. The first-order chi connectivity index (χ1) is 8.65. The molecule has 0 saturated carbocycles. The van der Waals surface area contributed by atoms with E-state index in [-0.39, 0.29) is 5.56 Å². The quantitative estimate of drug-likeness (QED) is 0.505. The molecule has 0 N–H and O–H groups in total. The maximum Gasteiger partial charge on any atom is 0.279 e. The highest BCUT2D eigenvalue weighted by Crippen LogP contribution is 2.22. The lowest BCUT2D eigenvalue weighted by Gasteiger charge is -2.05. The molecule has 5 nitrogen and oxygen atoms in total. The number of rotatable bonds is 1. The Labute approximate surface area is 103 Å². The zero-order valence-electron chi connectivity index (χ0n) is 10.2. The van der Waals surface area contributed by atoms with Crippen molar-refractivity contribution in [3.8, 4) is 5.69 Å². The van der Waals surface area contributed by atoms with E-state index in [2.05, 4.69) is 37.1 Å². The van der Waals surface area contributed by atoms with Gasteiger partial charge in [0.25, 0.3) is 5.56 Å². The van der Waals surface area contributed by atoms with Crippen LogP contribution in [0.15, 0.2) is 29.2 Å². The summed E-state index contributed by atoms with van der Waals surface area (Å²) in [7, 11) is 0. The van der Waals surface area contributed by atoms with Crippen molar-refractivity contribution in [2.75, 3.05) is 0 Å². The van der Waals surface area contributed by atoms with Crippen molar-refractivity contribution >= 4 is 11.0 Å². The summed E-state index contributed by atoms with van der Waals surface area (Å²) >= 11 is 0. The van der Waals surface area contributed by atoms with Crippen LogP contribution in [0.1, 0.15) is 11.1 Å². The molecule has 0 bridgehead atoms. The molecule has 0 aliphatic carbocycles. The Morgan fingerprint density at radius 1 is 1.11 bits per heavy atom. The van der Waals surface area contributed by atoms with E-state index in [4.69, 9.17) is 0 Å². The average molecular weight is 240 g/mol. The number of aromatic nitrogens is 4. The summed E-state index contributed by atoms with van der Waals surface area (Å²) in [5, 5.41) is 5.04. The lowest BCUT2D eigenvalue weighted by molar-refractivity contribution is 0.873. The van der Waals surface area contributed by atoms with Crippen LogP contribution in [0.4, 0.5) is 0 Å². The first-order valence-electron chi connectivity index (χ1n) is 5.91. The van der Waals surface area contributed by atoms with Crippen LogP contribution in [0.3, 0.4) is 0 Å². The van der Waals surface area contributed by atoms with Crippen LogP contribution >= 0.6 is 0 Å². The molecule has 0 unspecified atom stereocenters. The van der Waals surface area contributed by atoms with E-state index in [1.807, 2.05) is 9.36 Å². The second-order valence-corrected chi connectivity index (χ2v) is 4.89. The molecule has 0 amide bonds. The van der Waals surface area contributed by atoms with Gasteiger partial charge in [0.15, 0.2) is 5.65 Å². The third kappa shape index (κ3) is 1.11. The molecule has 1 aromatic carbocycles. The molecule has 2 aromatic heterocycles. The Kier molecular flexibility index (Phi) is 1.58. The highest BCUT2D eigenvalue weighted by atomic mass is 16.1. The predicted octanol–water partition coefficient (Wildman–Crippen LogP) is 1.42. The van der Waals surface area contributed by atoms with Crippen LogP contribution in [0.25, 0.3) is 16.7 Å². The Morgan fingerprint density at radius 3 is 2.56 bits per heavy atom. The zero-order valence-corrected chi connectivity index (χ0v) is 10.2. The van der Waals surface area contributed by atoms with Crippen molar-refractivity contribution in [3.05, 3.63) is 45.9 Å². The minimum absolute atomic E-state index is 0.0561. The molecule has 3 aromatic rings. The second kappa shape index (κ2) is 2.93. The third-order valence-electron chi connectivity index (χ3n) is 3.38. The van der Waals surface area contributed by atoms with Gasteiger partial charge in [-0.3, -0.25) is 4.79 Å². The summed E-state index contributed by atoms with van der Waals surface area (Å²) in [6.07, 6.45) is 1.65. The second-order valence-electron chi connectivity index (χ2n) is 4.89. The van der Waals surface area contributed by atoms with E-state index in [0.717, 1.165) is 11.3 Å². The Balaban J connectivity index is 2.06. The molecule has 0 radical (unpaired) electrons. The van der Waals surface area contributed by atoms with Crippen molar-refractivity contribution in [2.45, 2.75) is 20.5 Å². The van der Waals surface area contributed by atoms with Gasteiger partial charge >= 0.3 is 0 Å². The molecule has 90 valence electrons. The summed E-state index contributed by atoms with van der Waals surface area (Å²) < 4.78 is 5.51. The normalized spacial score (nSPS) is 13.0. The first-order valence-corrected chi connectivity index (χ1v) is 5.91.